The highest BCUT2D eigenvalue weighted by Crippen LogP contribution is 2.32. The number of nitrogens with two attached hydrogens (primary N) is 1. The molecule has 35 heavy (non-hydrogen) atoms. The van der Waals surface area contributed by atoms with Crippen LogP contribution in [0.5, 0.6) is 11.5 Å². The van der Waals surface area contributed by atoms with E-state index >= 15 is 0 Å². The minimum Gasteiger partial charge on any atom is -0.468 e. The summed E-state index contributed by atoms with van der Waals surface area (Å²) >= 11 is 0. The molecule has 1 aromatic rings. The van der Waals surface area contributed by atoms with Gasteiger partial charge in [0.2, 0.25) is 0 Å². The largest absolute Gasteiger partial charge is 0.468 e. The van der Waals surface area contributed by atoms with E-state index in [1.54, 1.807) is 40.7 Å². The van der Waals surface area contributed by atoms with Crippen molar-refractivity contribution < 1.29 is 38.1 Å². The Bertz CT molecular complexity index is 895. The van der Waals surface area contributed by atoms with Gasteiger partial charge in [-0.15, -0.1) is 0 Å². The number of hydrogen-bond donors (Lipinski definition) is 1. The maximum Gasteiger partial charge on any atom is 0.326 e. The normalized spacial score (nSPS) is 13.7. The van der Waals surface area contributed by atoms with Gasteiger partial charge < -0.3 is 24.7 Å². The number of methoxy groups -OCH3 is 1. The summed E-state index contributed by atoms with van der Waals surface area (Å²) in [7, 11) is 1.23. The molecule has 1 rings (SSSR count). The highest BCUT2D eigenvalue weighted by atomic mass is 16.6. The van der Waals surface area contributed by atoms with E-state index in [0.29, 0.717) is 12.0 Å². The molecule has 0 fully saturated rings. The van der Waals surface area contributed by atoms with E-state index in [4.69, 9.17) is 24.7 Å². The zero-order valence-electron chi connectivity index (χ0n) is 21.8. The van der Waals surface area contributed by atoms with E-state index in [0.717, 1.165) is 6.42 Å². The van der Waals surface area contributed by atoms with Crippen molar-refractivity contribution in [3.8, 4) is 11.5 Å². The zero-order valence-corrected chi connectivity index (χ0v) is 21.8. The SMILES string of the molecule is CCC[C@H](C)C(=O)OCCC(N)(Cc1ccc(OC(=O)C(C)C)c(OC(=O)C(C)C)c1)C(=O)OC. The molecule has 0 saturated heterocycles. The Morgan fingerprint density at radius 2 is 1.49 bits per heavy atom. The molecule has 0 spiro atoms. The van der Waals surface area contributed by atoms with E-state index in [9.17, 15) is 19.2 Å². The Balaban J connectivity index is 3.15. The first-order valence-corrected chi connectivity index (χ1v) is 11.9. The first kappa shape index (κ1) is 30.1. The molecule has 9 nitrogen and oxygen atoms in total. The van der Waals surface area contributed by atoms with Crippen LogP contribution in [0.1, 0.15) is 66.4 Å². The smallest absolute Gasteiger partial charge is 0.326 e. The van der Waals surface area contributed by atoms with E-state index < -0.39 is 29.4 Å². The Labute approximate surface area is 207 Å². The Kier molecular flexibility index (Phi) is 11.9. The molecule has 0 heterocycles. The quantitative estimate of drug-likeness (QED) is 0.323. The van der Waals surface area contributed by atoms with Crippen LogP contribution in [0.25, 0.3) is 0 Å². The van der Waals surface area contributed by atoms with Gasteiger partial charge in [-0.2, -0.15) is 0 Å². The van der Waals surface area contributed by atoms with Crippen molar-refractivity contribution in [2.75, 3.05) is 13.7 Å². The van der Waals surface area contributed by atoms with Crippen LogP contribution >= 0.6 is 0 Å². The molecule has 2 atom stereocenters. The summed E-state index contributed by atoms with van der Waals surface area (Å²) in [6, 6.07) is 4.61. The summed E-state index contributed by atoms with van der Waals surface area (Å²) in [6.45, 7) is 10.4. The standard InChI is InChI=1S/C26H39NO8/c1-8-9-18(6)24(30)33-13-12-26(27,25(31)32-7)15-19-10-11-20(34-22(28)16(2)3)21(14-19)35-23(29)17(4)5/h10-11,14,16-18H,8-9,12-13,15,27H2,1-7H3/t18-,26?/m0/s1. The maximum atomic E-state index is 12.5. The maximum absolute atomic E-state index is 12.5. The lowest BCUT2D eigenvalue weighted by molar-refractivity contribution is -0.153. The van der Waals surface area contributed by atoms with Gasteiger partial charge in [-0.25, -0.2) is 0 Å². The number of carbonyl (C=O) groups is 4. The third kappa shape index (κ3) is 9.32. The fourth-order valence-corrected chi connectivity index (χ4v) is 3.14. The number of esters is 4. The molecule has 0 aliphatic rings. The molecule has 0 aromatic heterocycles. The monoisotopic (exact) mass is 493 g/mol. The van der Waals surface area contributed by atoms with Gasteiger partial charge in [0.25, 0.3) is 0 Å². The van der Waals surface area contributed by atoms with Crippen LogP contribution in [0.3, 0.4) is 0 Å². The molecular weight excluding hydrogens is 454 g/mol. The molecule has 0 radical (unpaired) electrons. The molecule has 0 saturated carbocycles. The van der Waals surface area contributed by atoms with Crippen molar-refractivity contribution in [1.82, 2.24) is 0 Å². The predicted molar refractivity (Wildman–Crippen MR) is 130 cm³/mol. The molecule has 1 unspecified atom stereocenters. The second kappa shape index (κ2) is 13.8. The Hall–Kier alpha value is -2.94. The van der Waals surface area contributed by atoms with Crippen molar-refractivity contribution in [2.24, 2.45) is 23.5 Å². The van der Waals surface area contributed by atoms with Gasteiger partial charge in [0.05, 0.1) is 31.5 Å². The molecule has 0 aliphatic carbocycles. The van der Waals surface area contributed by atoms with Crippen LogP contribution in [0.15, 0.2) is 18.2 Å². The van der Waals surface area contributed by atoms with Crippen LogP contribution in [-0.2, 0) is 35.1 Å². The van der Waals surface area contributed by atoms with Crippen molar-refractivity contribution in [2.45, 2.75) is 72.8 Å². The van der Waals surface area contributed by atoms with Gasteiger partial charge in [0, 0.05) is 12.8 Å². The summed E-state index contributed by atoms with van der Waals surface area (Å²) in [5.74, 6) is -2.94. The first-order valence-electron chi connectivity index (χ1n) is 11.9. The summed E-state index contributed by atoms with van der Waals surface area (Å²) in [5, 5.41) is 0. The number of carbonyl (C=O) groups excluding carboxylic acids is 4. The van der Waals surface area contributed by atoms with Gasteiger partial charge in [0.1, 0.15) is 5.54 Å². The highest BCUT2D eigenvalue weighted by molar-refractivity contribution is 5.81. The van der Waals surface area contributed by atoms with Crippen molar-refractivity contribution in [1.29, 1.82) is 0 Å². The summed E-state index contributed by atoms with van der Waals surface area (Å²) in [5.41, 5.74) is 5.44. The number of rotatable bonds is 13. The van der Waals surface area contributed by atoms with Crippen LogP contribution in [0.2, 0.25) is 0 Å². The molecule has 1 aromatic carbocycles. The first-order chi connectivity index (χ1) is 16.3. The second-order valence-corrected chi connectivity index (χ2v) is 9.36. The Morgan fingerprint density at radius 3 is 2.00 bits per heavy atom. The van der Waals surface area contributed by atoms with Gasteiger partial charge >= 0.3 is 23.9 Å². The van der Waals surface area contributed by atoms with Gasteiger partial charge in [-0.1, -0.05) is 54.0 Å². The molecule has 9 heteroatoms. The predicted octanol–water partition coefficient (Wildman–Crippen LogP) is 3.59. The van der Waals surface area contributed by atoms with Crippen LogP contribution in [0, 0.1) is 17.8 Å². The minimum absolute atomic E-state index is 0.00632. The van der Waals surface area contributed by atoms with E-state index in [1.165, 1.54) is 19.2 Å². The van der Waals surface area contributed by atoms with Gasteiger partial charge in [0.15, 0.2) is 11.5 Å². The average molecular weight is 494 g/mol. The Morgan fingerprint density at radius 1 is 0.914 bits per heavy atom. The van der Waals surface area contributed by atoms with Gasteiger partial charge in [-0.3, -0.25) is 19.2 Å². The van der Waals surface area contributed by atoms with Crippen molar-refractivity contribution in [3.63, 3.8) is 0 Å². The van der Waals surface area contributed by atoms with E-state index in [2.05, 4.69) is 0 Å². The number of hydrogen-bond acceptors (Lipinski definition) is 9. The molecule has 196 valence electrons. The average Bonchev–Trinajstić information content (AvgIpc) is 2.79. The zero-order chi connectivity index (χ0) is 26.8. The van der Waals surface area contributed by atoms with Crippen LogP contribution in [-0.4, -0.2) is 43.1 Å². The summed E-state index contributed by atoms with van der Waals surface area (Å²) in [4.78, 5) is 49.0. The molecule has 2 N–H and O–H groups in total. The second-order valence-electron chi connectivity index (χ2n) is 9.36. The fraction of sp³-hybridized carbons (Fsp3) is 0.615. The third-order valence-electron chi connectivity index (χ3n) is 5.40. The lowest BCUT2D eigenvalue weighted by Gasteiger charge is -2.27. The molecule has 0 amide bonds. The summed E-state index contributed by atoms with van der Waals surface area (Å²) in [6.07, 6.45) is 1.59. The highest BCUT2D eigenvalue weighted by Gasteiger charge is 2.36. The van der Waals surface area contributed by atoms with Crippen LogP contribution < -0.4 is 15.2 Å². The van der Waals surface area contributed by atoms with Crippen molar-refractivity contribution in [3.05, 3.63) is 23.8 Å². The molecule has 0 aliphatic heterocycles. The molecule has 0 bridgehead atoms. The van der Waals surface area contributed by atoms with Crippen LogP contribution in [0.4, 0.5) is 0 Å². The number of ether oxygens (including phenoxy) is 4. The van der Waals surface area contributed by atoms with Crippen molar-refractivity contribution >= 4 is 23.9 Å². The van der Waals surface area contributed by atoms with E-state index in [-0.39, 0.29) is 48.8 Å². The fourth-order valence-electron chi connectivity index (χ4n) is 3.14. The lowest BCUT2D eigenvalue weighted by atomic mass is 9.88. The third-order valence-corrected chi connectivity index (χ3v) is 5.40. The summed E-state index contributed by atoms with van der Waals surface area (Å²) < 4.78 is 21.0. The van der Waals surface area contributed by atoms with Gasteiger partial charge in [-0.05, 0) is 24.1 Å². The number of benzene rings is 1. The topological polar surface area (TPSA) is 131 Å². The minimum atomic E-state index is -1.50. The van der Waals surface area contributed by atoms with E-state index in [1.807, 2.05) is 6.92 Å². The lowest BCUT2D eigenvalue weighted by Crippen LogP contribution is -2.51. The molecular formula is C26H39NO8.